The molecular weight excluding hydrogens is 224 g/mol. The quantitative estimate of drug-likeness (QED) is 0.373. The summed E-state index contributed by atoms with van der Waals surface area (Å²) in [5, 5.41) is 13.6. The molecule has 0 fully saturated rings. The number of carbonyl (C=O) groups is 1. The summed E-state index contributed by atoms with van der Waals surface area (Å²) in [4.78, 5) is 15.4. The second-order valence-corrected chi connectivity index (χ2v) is 3.35. The fourth-order valence-corrected chi connectivity index (χ4v) is 1.24. The first-order valence-corrected chi connectivity index (χ1v) is 4.90. The highest BCUT2D eigenvalue weighted by Crippen LogP contribution is 2.18. The van der Waals surface area contributed by atoms with E-state index in [-0.39, 0.29) is 17.0 Å². The second kappa shape index (κ2) is 5.29. The van der Waals surface area contributed by atoms with Gasteiger partial charge in [-0.25, -0.2) is 4.79 Å². The molecule has 6 heteroatoms. The Bertz CT molecular complexity index is 485. The molecule has 1 rings (SSSR count). The Morgan fingerprint density at radius 2 is 2.24 bits per heavy atom. The van der Waals surface area contributed by atoms with E-state index >= 15 is 0 Å². The fraction of sp³-hybridized carbons (Fsp3) is 0.364. The summed E-state index contributed by atoms with van der Waals surface area (Å²) >= 11 is 0. The standard InChI is InChI=1S/C11H14N2O4/c1-6-5-8(13-17-6)10(14)9(7(2)12-3)11(15)16-4/h5,14H,1-4H3/b10-9+,12-7?. The maximum absolute atomic E-state index is 11.6. The van der Waals surface area contributed by atoms with Gasteiger partial charge in [0.2, 0.25) is 0 Å². The van der Waals surface area contributed by atoms with Gasteiger partial charge in [-0.3, -0.25) is 4.99 Å². The summed E-state index contributed by atoms with van der Waals surface area (Å²) < 4.78 is 9.42. The van der Waals surface area contributed by atoms with Crippen LogP contribution < -0.4 is 0 Å². The van der Waals surface area contributed by atoms with Crippen molar-refractivity contribution < 1.29 is 19.2 Å². The van der Waals surface area contributed by atoms with Crippen LogP contribution in [0.3, 0.4) is 0 Å². The van der Waals surface area contributed by atoms with Gasteiger partial charge >= 0.3 is 5.97 Å². The zero-order valence-corrected chi connectivity index (χ0v) is 10.1. The molecule has 0 aliphatic heterocycles. The second-order valence-electron chi connectivity index (χ2n) is 3.35. The summed E-state index contributed by atoms with van der Waals surface area (Å²) in [5.41, 5.74) is 0.504. The number of aliphatic hydroxyl groups excluding tert-OH is 1. The van der Waals surface area contributed by atoms with Crippen molar-refractivity contribution in [2.45, 2.75) is 13.8 Å². The van der Waals surface area contributed by atoms with Crippen LogP contribution >= 0.6 is 0 Å². The summed E-state index contributed by atoms with van der Waals surface area (Å²) in [6.45, 7) is 3.28. The molecular formula is C11H14N2O4. The van der Waals surface area contributed by atoms with Gasteiger partial charge in [0, 0.05) is 18.8 Å². The summed E-state index contributed by atoms with van der Waals surface area (Å²) in [5.74, 6) is -0.454. The van der Waals surface area contributed by atoms with Gasteiger partial charge in [0.25, 0.3) is 0 Å². The summed E-state index contributed by atoms with van der Waals surface area (Å²) in [6.07, 6.45) is 0. The number of carbonyl (C=O) groups excluding carboxylic acids is 1. The van der Waals surface area contributed by atoms with Gasteiger partial charge in [-0.15, -0.1) is 0 Å². The number of aryl methyl sites for hydroxylation is 1. The Morgan fingerprint density at radius 1 is 1.59 bits per heavy atom. The third-order valence-electron chi connectivity index (χ3n) is 2.19. The van der Waals surface area contributed by atoms with E-state index in [1.54, 1.807) is 13.8 Å². The lowest BCUT2D eigenvalue weighted by Gasteiger charge is -2.06. The van der Waals surface area contributed by atoms with Crippen LogP contribution in [-0.2, 0) is 9.53 Å². The minimum atomic E-state index is -0.675. The first kappa shape index (κ1) is 13.0. The molecule has 0 amide bonds. The van der Waals surface area contributed by atoms with Gasteiger partial charge in [-0.05, 0) is 13.8 Å². The molecule has 0 saturated heterocycles. The average molecular weight is 238 g/mol. The van der Waals surface area contributed by atoms with Crippen molar-refractivity contribution in [3.05, 3.63) is 23.1 Å². The van der Waals surface area contributed by atoms with Crippen molar-refractivity contribution >= 4 is 17.4 Å². The molecule has 1 aromatic rings. The number of aliphatic imine (C=N–C) groups is 1. The van der Waals surface area contributed by atoms with E-state index in [4.69, 9.17) is 4.52 Å². The predicted octanol–water partition coefficient (Wildman–Crippen LogP) is 1.52. The van der Waals surface area contributed by atoms with E-state index in [9.17, 15) is 9.90 Å². The maximum Gasteiger partial charge on any atom is 0.343 e. The molecule has 1 N–H and O–H groups in total. The Hall–Kier alpha value is -2.11. The summed E-state index contributed by atoms with van der Waals surface area (Å²) in [7, 11) is 2.74. The number of aliphatic hydroxyl groups is 1. The maximum atomic E-state index is 11.6. The van der Waals surface area contributed by atoms with Crippen LogP contribution in [0.1, 0.15) is 18.4 Å². The van der Waals surface area contributed by atoms with Crippen LogP contribution in [0.25, 0.3) is 5.76 Å². The monoisotopic (exact) mass is 238 g/mol. The normalized spacial score (nSPS) is 13.3. The molecule has 0 aliphatic rings. The summed E-state index contributed by atoms with van der Waals surface area (Å²) in [6, 6.07) is 1.52. The number of hydrogen-bond acceptors (Lipinski definition) is 6. The van der Waals surface area contributed by atoms with Gasteiger partial charge in [-0.2, -0.15) is 0 Å². The SMILES string of the molecule is CN=C(C)/C(C(=O)OC)=C(\O)c1cc(C)on1. The minimum Gasteiger partial charge on any atom is -0.505 e. The number of ether oxygens (including phenoxy) is 1. The molecule has 0 spiro atoms. The molecule has 0 aromatic carbocycles. The van der Waals surface area contributed by atoms with E-state index in [1.807, 2.05) is 0 Å². The van der Waals surface area contributed by atoms with Crippen molar-refractivity contribution in [3.63, 3.8) is 0 Å². The molecule has 0 atom stereocenters. The Morgan fingerprint density at radius 3 is 2.65 bits per heavy atom. The van der Waals surface area contributed by atoms with E-state index < -0.39 is 5.97 Å². The van der Waals surface area contributed by atoms with E-state index in [2.05, 4.69) is 14.9 Å². The fourth-order valence-electron chi connectivity index (χ4n) is 1.24. The van der Waals surface area contributed by atoms with Crippen LogP contribution in [0.5, 0.6) is 0 Å². The molecule has 1 aromatic heterocycles. The Labute approximate surface area is 98.6 Å². The van der Waals surface area contributed by atoms with Crippen LogP contribution in [0.4, 0.5) is 0 Å². The minimum absolute atomic E-state index is 0.0247. The lowest BCUT2D eigenvalue weighted by molar-refractivity contribution is -0.135. The van der Waals surface area contributed by atoms with Crippen molar-refractivity contribution in [1.29, 1.82) is 0 Å². The molecule has 0 aliphatic carbocycles. The largest absolute Gasteiger partial charge is 0.505 e. The highest BCUT2D eigenvalue weighted by molar-refractivity contribution is 6.23. The van der Waals surface area contributed by atoms with Crippen molar-refractivity contribution in [3.8, 4) is 0 Å². The number of esters is 1. The average Bonchev–Trinajstić information content (AvgIpc) is 2.75. The molecule has 1 heterocycles. The highest BCUT2D eigenvalue weighted by atomic mass is 16.5. The van der Waals surface area contributed by atoms with Crippen molar-refractivity contribution in [2.75, 3.05) is 14.2 Å². The topological polar surface area (TPSA) is 84.9 Å². The van der Waals surface area contributed by atoms with Crippen molar-refractivity contribution in [1.82, 2.24) is 5.16 Å². The van der Waals surface area contributed by atoms with Gasteiger partial charge in [0.05, 0.1) is 7.11 Å². The number of nitrogens with zero attached hydrogens (tertiary/aromatic N) is 2. The van der Waals surface area contributed by atoms with Crippen LogP contribution in [0, 0.1) is 6.92 Å². The van der Waals surface area contributed by atoms with E-state index in [0.717, 1.165) is 0 Å². The van der Waals surface area contributed by atoms with E-state index in [0.29, 0.717) is 11.5 Å². The Kier molecular flexibility index (Phi) is 4.03. The first-order chi connectivity index (χ1) is 8.01. The molecule has 92 valence electrons. The van der Waals surface area contributed by atoms with Gasteiger partial charge < -0.3 is 14.4 Å². The lowest BCUT2D eigenvalue weighted by atomic mass is 10.1. The van der Waals surface area contributed by atoms with Gasteiger partial charge in [0.1, 0.15) is 17.0 Å². The van der Waals surface area contributed by atoms with Gasteiger partial charge in [-0.1, -0.05) is 5.16 Å². The highest BCUT2D eigenvalue weighted by Gasteiger charge is 2.21. The molecule has 6 nitrogen and oxygen atoms in total. The molecule has 0 bridgehead atoms. The van der Waals surface area contributed by atoms with Crippen LogP contribution in [0.2, 0.25) is 0 Å². The molecule has 0 unspecified atom stereocenters. The third-order valence-corrected chi connectivity index (χ3v) is 2.19. The molecule has 0 radical (unpaired) electrons. The number of rotatable bonds is 3. The lowest BCUT2D eigenvalue weighted by Crippen LogP contribution is -2.14. The number of methoxy groups -OCH3 is 1. The van der Waals surface area contributed by atoms with Crippen LogP contribution in [0.15, 0.2) is 21.2 Å². The molecule has 0 saturated carbocycles. The zero-order chi connectivity index (χ0) is 13.0. The first-order valence-electron chi connectivity index (χ1n) is 4.90. The van der Waals surface area contributed by atoms with E-state index in [1.165, 1.54) is 20.2 Å². The van der Waals surface area contributed by atoms with Crippen molar-refractivity contribution in [2.24, 2.45) is 4.99 Å². The predicted molar refractivity (Wildman–Crippen MR) is 61.8 cm³/mol. The van der Waals surface area contributed by atoms with Gasteiger partial charge in [0.15, 0.2) is 5.76 Å². The Balaban J connectivity index is 3.33. The van der Waals surface area contributed by atoms with Crippen LogP contribution in [-0.4, -0.2) is 36.1 Å². The number of aromatic nitrogens is 1. The molecule has 17 heavy (non-hydrogen) atoms. The smallest absolute Gasteiger partial charge is 0.343 e. The number of hydrogen-bond donors (Lipinski definition) is 1. The third kappa shape index (κ3) is 2.72. The zero-order valence-electron chi connectivity index (χ0n) is 10.1.